The Kier molecular flexibility index (Phi) is 1.75. The number of hydrogen-bond acceptors (Lipinski definition) is 2. The van der Waals surface area contributed by atoms with Crippen molar-refractivity contribution in [1.82, 2.24) is 5.32 Å². The minimum atomic E-state index is 0.0424. The first-order chi connectivity index (χ1) is 7.31. The predicted octanol–water partition coefficient (Wildman–Crippen LogP) is 1.89. The summed E-state index contributed by atoms with van der Waals surface area (Å²) in [6.45, 7) is 0. The number of fused-ring (bicyclic) bond motifs is 1. The molecule has 1 aromatic rings. The zero-order valence-corrected chi connectivity index (χ0v) is 8.62. The van der Waals surface area contributed by atoms with E-state index in [0.717, 1.165) is 16.9 Å². The maximum absolute atomic E-state index is 11.7. The minimum absolute atomic E-state index is 0.0424. The molecule has 1 aliphatic carbocycles. The number of nitrogens with one attached hydrogen (secondary N) is 1. The highest BCUT2D eigenvalue weighted by molar-refractivity contribution is 6.00. The molecule has 1 fully saturated rings. The number of carbonyl (C=O) groups excluding carboxylic acids is 1. The first kappa shape index (κ1) is 8.77. The molecule has 1 saturated carbocycles. The van der Waals surface area contributed by atoms with E-state index >= 15 is 0 Å². The minimum Gasteiger partial charge on any atom is -0.496 e. The largest absolute Gasteiger partial charge is 0.496 e. The van der Waals surface area contributed by atoms with Crippen LogP contribution in [0.5, 0.6) is 5.75 Å². The standard InChI is InChI=1S/C12H13NO2/c1-15-9-4-2-3-8-10(9)11(7-5-6-7)13-12(8)14/h2-4,7,11H,5-6H2,1H3,(H,13,14). The molecule has 0 bridgehead atoms. The van der Waals surface area contributed by atoms with E-state index in [0.29, 0.717) is 5.92 Å². The highest BCUT2D eigenvalue weighted by Crippen LogP contribution is 2.47. The van der Waals surface area contributed by atoms with Crippen LogP contribution in [0.1, 0.15) is 34.8 Å². The van der Waals surface area contributed by atoms with E-state index in [-0.39, 0.29) is 11.9 Å². The molecule has 1 amide bonds. The van der Waals surface area contributed by atoms with Gasteiger partial charge in [0.25, 0.3) is 5.91 Å². The average molecular weight is 203 g/mol. The summed E-state index contributed by atoms with van der Waals surface area (Å²) in [6.07, 6.45) is 2.42. The topological polar surface area (TPSA) is 38.3 Å². The van der Waals surface area contributed by atoms with Crippen molar-refractivity contribution in [2.75, 3.05) is 7.11 Å². The molecule has 2 aliphatic rings. The Hall–Kier alpha value is -1.51. The van der Waals surface area contributed by atoms with Gasteiger partial charge in [-0.15, -0.1) is 0 Å². The van der Waals surface area contributed by atoms with Crippen LogP contribution < -0.4 is 10.1 Å². The summed E-state index contributed by atoms with van der Waals surface area (Å²) < 4.78 is 5.32. The lowest BCUT2D eigenvalue weighted by Gasteiger charge is -2.13. The third kappa shape index (κ3) is 1.23. The lowest BCUT2D eigenvalue weighted by atomic mass is 10.0. The molecule has 0 spiro atoms. The Bertz CT molecular complexity index is 424. The van der Waals surface area contributed by atoms with Crippen LogP contribution in [0.2, 0.25) is 0 Å². The van der Waals surface area contributed by atoms with Crippen molar-refractivity contribution in [3.8, 4) is 5.75 Å². The third-order valence-corrected chi connectivity index (χ3v) is 3.22. The van der Waals surface area contributed by atoms with Gasteiger partial charge in [-0.25, -0.2) is 0 Å². The van der Waals surface area contributed by atoms with Gasteiger partial charge in [0.15, 0.2) is 0 Å². The molecular formula is C12H13NO2. The second kappa shape index (κ2) is 2.99. The molecule has 0 saturated heterocycles. The Labute approximate surface area is 88.4 Å². The first-order valence-corrected chi connectivity index (χ1v) is 5.29. The van der Waals surface area contributed by atoms with E-state index < -0.39 is 0 Å². The Balaban J connectivity index is 2.12. The molecule has 3 heteroatoms. The predicted molar refractivity (Wildman–Crippen MR) is 55.9 cm³/mol. The van der Waals surface area contributed by atoms with E-state index in [4.69, 9.17) is 4.74 Å². The number of methoxy groups -OCH3 is 1. The van der Waals surface area contributed by atoms with Crippen LogP contribution in [0.15, 0.2) is 18.2 Å². The molecule has 0 aromatic heterocycles. The number of carbonyl (C=O) groups is 1. The molecule has 0 radical (unpaired) electrons. The fourth-order valence-corrected chi connectivity index (χ4v) is 2.32. The molecule has 1 N–H and O–H groups in total. The molecule has 3 rings (SSSR count). The van der Waals surface area contributed by atoms with Crippen molar-refractivity contribution in [2.24, 2.45) is 5.92 Å². The number of hydrogen-bond donors (Lipinski definition) is 1. The Morgan fingerprint density at radius 3 is 2.87 bits per heavy atom. The quantitative estimate of drug-likeness (QED) is 0.797. The molecule has 3 nitrogen and oxygen atoms in total. The lowest BCUT2D eigenvalue weighted by Crippen LogP contribution is -2.20. The lowest BCUT2D eigenvalue weighted by molar-refractivity contribution is 0.0953. The summed E-state index contributed by atoms with van der Waals surface area (Å²) in [5, 5.41) is 3.04. The number of benzene rings is 1. The molecule has 1 aromatic carbocycles. The second-order valence-corrected chi connectivity index (χ2v) is 4.21. The van der Waals surface area contributed by atoms with Crippen molar-refractivity contribution in [3.05, 3.63) is 29.3 Å². The van der Waals surface area contributed by atoms with E-state index in [9.17, 15) is 4.79 Å². The van der Waals surface area contributed by atoms with E-state index in [1.807, 2.05) is 18.2 Å². The second-order valence-electron chi connectivity index (χ2n) is 4.21. The molecule has 1 heterocycles. The van der Waals surface area contributed by atoms with Crippen LogP contribution in [-0.4, -0.2) is 13.0 Å². The smallest absolute Gasteiger partial charge is 0.252 e. The fourth-order valence-electron chi connectivity index (χ4n) is 2.32. The van der Waals surface area contributed by atoms with Crippen molar-refractivity contribution in [2.45, 2.75) is 18.9 Å². The molecule has 1 atom stereocenters. The van der Waals surface area contributed by atoms with Gasteiger partial charge in [-0.2, -0.15) is 0 Å². The van der Waals surface area contributed by atoms with E-state index in [1.54, 1.807) is 7.11 Å². The third-order valence-electron chi connectivity index (χ3n) is 3.22. The monoisotopic (exact) mass is 203 g/mol. The van der Waals surface area contributed by atoms with E-state index in [1.165, 1.54) is 12.8 Å². The van der Waals surface area contributed by atoms with Crippen LogP contribution in [-0.2, 0) is 0 Å². The summed E-state index contributed by atoms with van der Waals surface area (Å²) in [7, 11) is 1.66. The van der Waals surface area contributed by atoms with Crippen LogP contribution in [0, 0.1) is 5.92 Å². The SMILES string of the molecule is COc1cccc2c1C(C1CC1)NC2=O. The zero-order chi connectivity index (χ0) is 10.4. The van der Waals surface area contributed by atoms with Crippen LogP contribution in [0.25, 0.3) is 0 Å². The number of rotatable bonds is 2. The molecule has 1 unspecified atom stereocenters. The highest BCUT2D eigenvalue weighted by atomic mass is 16.5. The molecule has 78 valence electrons. The summed E-state index contributed by atoms with van der Waals surface area (Å²) in [5.74, 6) is 1.50. The maximum Gasteiger partial charge on any atom is 0.252 e. The zero-order valence-electron chi connectivity index (χ0n) is 8.62. The fraction of sp³-hybridized carbons (Fsp3) is 0.417. The van der Waals surface area contributed by atoms with Crippen molar-refractivity contribution < 1.29 is 9.53 Å². The van der Waals surface area contributed by atoms with Gasteiger partial charge in [-0.05, 0) is 30.9 Å². The van der Waals surface area contributed by atoms with Crippen molar-refractivity contribution in [3.63, 3.8) is 0 Å². The number of amides is 1. The Morgan fingerprint density at radius 1 is 1.40 bits per heavy atom. The van der Waals surface area contributed by atoms with Crippen LogP contribution in [0.4, 0.5) is 0 Å². The van der Waals surface area contributed by atoms with Gasteiger partial charge >= 0.3 is 0 Å². The van der Waals surface area contributed by atoms with Crippen molar-refractivity contribution in [1.29, 1.82) is 0 Å². The Morgan fingerprint density at radius 2 is 2.20 bits per heavy atom. The van der Waals surface area contributed by atoms with Gasteiger partial charge in [0.05, 0.1) is 13.2 Å². The van der Waals surface area contributed by atoms with Gasteiger partial charge in [0.2, 0.25) is 0 Å². The van der Waals surface area contributed by atoms with Gasteiger partial charge in [-0.3, -0.25) is 4.79 Å². The first-order valence-electron chi connectivity index (χ1n) is 5.29. The van der Waals surface area contributed by atoms with Crippen LogP contribution >= 0.6 is 0 Å². The molecule has 1 aliphatic heterocycles. The van der Waals surface area contributed by atoms with Crippen LogP contribution in [0.3, 0.4) is 0 Å². The molecule has 15 heavy (non-hydrogen) atoms. The summed E-state index contributed by atoms with van der Waals surface area (Å²) >= 11 is 0. The molecular weight excluding hydrogens is 190 g/mol. The summed E-state index contributed by atoms with van der Waals surface area (Å²) in [4.78, 5) is 11.7. The van der Waals surface area contributed by atoms with E-state index in [2.05, 4.69) is 5.32 Å². The normalized spacial score (nSPS) is 23.5. The van der Waals surface area contributed by atoms with Gasteiger partial charge < -0.3 is 10.1 Å². The van der Waals surface area contributed by atoms with Gasteiger partial charge in [0, 0.05) is 11.1 Å². The number of ether oxygens (including phenoxy) is 1. The van der Waals surface area contributed by atoms with Gasteiger partial charge in [0.1, 0.15) is 5.75 Å². The van der Waals surface area contributed by atoms with Gasteiger partial charge in [-0.1, -0.05) is 6.07 Å². The maximum atomic E-state index is 11.7. The summed E-state index contributed by atoms with van der Waals surface area (Å²) in [6, 6.07) is 5.85. The highest BCUT2D eigenvalue weighted by Gasteiger charge is 2.41. The van der Waals surface area contributed by atoms with Crippen molar-refractivity contribution >= 4 is 5.91 Å². The average Bonchev–Trinajstić information content (AvgIpc) is 3.04. The summed E-state index contributed by atoms with van der Waals surface area (Å²) in [5.41, 5.74) is 1.85.